The zero-order chi connectivity index (χ0) is 12.0. The molecular weight excluding hydrogens is 200 g/mol. The minimum absolute atomic E-state index is 0.104. The van der Waals surface area contributed by atoms with Crippen LogP contribution < -0.4 is 5.84 Å². The molecule has 0 aliphatic heterocycles. The van der Waals surface area contributed by atoms with E-state index in [4.69, 9.17) is 5.84 Å². The lowest BCUT2D eigenvalue weighted by molar-refractivity contribution is 0.104. The first-order valence-corrected chi connectivity index (χ1v) is 4.87. The molecule has 1 aromatic carbocycles. The smallest absolute Gasteiger partial charge is 0.194 e. The fraction of sp³-hybridized carbons (Fsp3) is 0.0769. The lowest BCUT2D eigenvalue weighted by atomic mass is 10.00. The molecule has 1 rings (SSSR count). The highest BCUT2D eigenvalue weighted by atomic mass is 16.1. The van der Waals surface area contributed by atoms with Crippen LogP contribution in [0.2, 0.25) is 0 Å². The average Bonchev–Trinajstić information content (AvgIpc) is 2.35. The van der Waals surface area contributed by atoms with Crippen LogP contribution in [-0.4, -0.2) is 12.0 Å². The van der Waals surface area contributed by atoms with Crippen molar-refractivity contribution in [3.05, 3.63) is 59.7 Å². The van der Waals surface area contributed by atoms with Gasteiger partial charge in [-0.2, -0.15) is 5.10 Å². The number of allylic oxidation sites excluding steroid dienone is 3. The molecular formula is C13H14N2O. The molecule has 0 aromatic heterocycles. The van der Waals surface area contributed by atoms with Crippen LogP contribution in [0.25, 0.3) is 0 Å². The highest BCUT2D eigenvalue weighted by Gasteiger charge is 2.11. The number of carbonyl (C=O) groups is 1. The van der Waals surface area contributed by atoms with E-state index in [2.05, 4.69) is 11.7 Å². The molecule has 82 valence electrons. The van der Waals surface area contributed by atoms with Gasteiger partial charge in [0.2, 0.25) is 0 Å². The minimum Gasteiger partial charge on any atom is -0.323 e. The van der Waals surface area contributed by atoms with Crippen LogP contribution >= 0.6 is 0 Å². The fourth-order valence-corrected chi connectivity index (χ4v) is 1.27. The number of ketones is 1. The van der Waals surface area contributed by atoms with E-state index in [9.17, 15) is 4.79 Å². The highest BCUT2D eigenvalue weighted by molar-refractivity contribution is 6.21. The number of Topliss-reactive ketones (excluding diaryl/α,β-unsaturated/α-hetero) is 1. The molecule has 0 fully saturated rings. The number of nitrogens with two attached hydrogens (primary N) is 1. The summed E-state index contributed by atoms with van der Waals surface area (Å²) in [6, 6.07) is 8.99. The summed E-state index contributed by atoms with van der Waals surface area (Å²) in [6.07, 6.45) is 2.96. The Balaban J connectivity index is 3.17. The van der Waals surface area contributed by atoms with Crippen molar-refractivity contribution in [3.63, 3.8) is 0 Å². The Kier molecular flexibility index (Phi) is 4.21. The van der Waals surface area contributed by atoms with Crippen LogP contribution in [0.15, 0.2) is 59.2 Å². The Morgan fingerprint density at radius 1 is 1.38 bits per heavy atom. The molecule has 0 heterocycles. The van der Waals surface area contributed by atoms with Gasteiger partial charge in [0, 0.05) is 11.1 Å². The third kappa shape index (κ3) is 2.67. The van der Waals surface area contributed by atoms with Crippen LogP contribution in [0.5, 0.6) is 0 Å². The monoisotopic (exact) mass is 214 g/mol. The number of hydrazone groups is 1. The van der Waals surface area contributed by atoms with E-state index in [1.807, 2.05) is 18.2 Å². The van der Waals surface area contributed by atoms with Gasteiger partial charge in [-0.05, 0) is 12.5 Å². The van der Waals surface area contributed by atoms with Gasteiger partial charge >= 0.3 is 0 Å². The van der Waals surface area contributed by atoms with Crippen molar-refractivity contribution in [2.24, 2.45) is 10.9 Å². The Morgan fingerprint density at radius 3 is 2.50 bits per heavy atom. The molecule has 1 aromatic rings. The van der Waals surface area contributed by atoms with Crippen molar-refractivity contribution in [3.8, 4) is 0 Å². The van der Waals surface area contributed by atoms with Crippen molar-refractivity contribution >= 4 is 12.0 Å². The zero-order valence-corrected chi connectivity index (χ0v) is 9.18. The second-order valence-corrected chi connectivity index (χ2v) is 3.27. The second-order valence-electron chi connectivity index (χ2n) is 3.27. The van der Waals surface area contributed by atoms with E-state index in [1.165, 1.54) is 6.21 Å². The van der Waals surface area contributed by atoms with Gasteiger partial charge in [0.25, 0.3) is 0 Å². The molecule has 0 unspecified atom stereocenters. The van der Waals surface area contributed by atoms with Crippen molar-refractivity contribution < 1.29 is 4.79 Å². The van der Waals surface area contributed by atoms with Crippen LogP contribution in [0.4, 0.5) is 0 Å². The Hall–Kier alpha value is -2.16. The number of hydrogen-bond donors (Lipinski definition) is 1. The molecule has 0 bridgehead atoms. The van der Waals surface area contributed by atoms with E-state index in [0.717, 1.165) is 5.57 Å². The van der Waals surface area contributed by atoms with Gasteiger partial charge in [-0.1, -0.05) is 43.0 Å². The van der Waals surface area contributed by atoms with Gasteiger partial charge in [-0.25, -0.2) is 0 Å². The number of hydrogen-bond acceptors (Lipinski definition) is 3. The van der Waals surface area contributed by atoms with Crippen LogP contribution in [0.1, 0.15) is 17.3 Å². The molecule has 3 heteroatoms. The summed E-state index contributed by atoms with van der Waals surface area (Å²) < 4.78 is 0. The summed E-state index contributed by atoms with van der Waals surface area (Å²) in [6.45, 7) is 5.42. The second kappa shape index (κ2) is 5.66. The quantitative estimate of drug-likeness (QED) is 0.209. The van der Waals surface area contributed by atoms with Crippen molar-refractivity contribution in [1.82, 2.24) is 0 Å². The normalized spacial score (nSPS) is 12.3. The summed E-state index contributed by atoms with van der Waals surface area (Å²) in [4.78, 5) is 12.1. The maximum Gasteiger partial charge on any atom is 0.194 e. The number of rotatable bonds is 4. The molecule has 0 saturated heterocycles. The standard InChI is InChI=1S/C13H14N2O/c1-3-10(2)12(9-15-14)13(16)11-7-5-4-6-8-11/h3-9H,1,14H2,2H3/b12-10+,15-9-. The lowest BCUT2D eigenvalue weighted by Crippen LogP contribution is -2.07. The number of nitrogens with zero attached hydrogens (tertiary/aromatic N) is 1. The first-order chi connectivity index (χ1) is 7.70. The Morgan fingerprint density at radius 2 is 2.00 bits per heavy atom. The van der Waals surface area contributed by atoms with Gasteiger partial charge in [-0.3, -0.25) is 4.79 Å². The SMILES string of the molecule is C=C/C(C)=C(\C=N/N)C(=O)c1ccccc1. The predicted octanol–water partition coefficient (Wildman–Crippen LogP) is 2.32. The molecule has 0 amide bonds. The first kappa shape index (κ1) is 11.9. The lowest BCUT2D eigenvalue weighted by Gasteiger charge is -2.03. The van der Waals surface area contributed by atoms with Crippen molar-refractivity contribution in [2.45, 2.75) is 6.92 Å². The molecule has 0 saturated carbocycles. The maximum absolute atomic E-state index is 12.1. The third-order valence-corrected chi connectivity index (χ3v) is 2.22. The Bertz CT molecular complexity index is 444. The topological polar surface area (TPSA) is 55.4 Å². The predicted molar refractivity (Wildman–Crippen MR) is 66.3 cm³/mol. The summed E-state index contributed by atoms with van der Waals surface area (Å²) >= 11 is 0. The Labute approximate surface area is 95.0 Å². The third-order valence-electron chi connectivity index (χ3n) is 2.22. The van der Waals surface area contributed by atoms with E-state index in [-0.39, 0.29) is 5.78 Å². The van der Waals surface area contributed by atoms with Crippen LogP contribution in [0, 0.1) is 0 Å². The number of carbonyl (C=O) groups excluding carboxylic acids is 1. The molecule has 0 radical (unpaired) electrons. The first-order valence-electron chi connectivity index (χ1n) is 4.87. The zero-order valence-electron chi connectivity index (χ0n) is 9.18. The van der Waals surface area contributed by atoms with Crippen molar-refractivity contribution in [1.29, 1.82) is 0 Å². The molecule has 0 spiro atoms. The minimum atomic E-state index is -0.104. The molecule has 3 nitrogen and oxygen atoms in total. The summed E-state index contributed by atoms with van der Waals surface area (Å²) in [5.74, 6) is 4.98. The largest absolute Gasteiger partial charge is 0.323 e. The van der Waals surface area contributed by atoms with Gasteiger partial charge < -0.3 is 5.84 Å². The summed E-state index contributed by atoms with van der Waals surface area (Å²) in [5, 5.41) is 3.40. The van der Waals surface area contributed by atoms with E-state index < -0.39 is 0 Å². The molecule has 0 aliphatic rings. The van der Waals surface area contributed by atoms with E-state index >= 15 is 0 Å². The van der Waals surface area contributed by atoms with Gasteiger partial charge in [0.1, 0.15) is 0 Å². The molecule has 16 heavy (non-hydrogen) atoms. The summed E-state index contributed by atoms with van der Waals surface area (Å²) in [7, 11) is 0. The van der Waals surface area contributed by atoms with Gasteiger partial charge in [-0.15, -0.1) is 0 Å². The maximum atomic E-state index is 12.1. The van der Waals surface area contributed by atoms with E-state index in [0.29, 0.717) is 11.1 Å². The average molecular weight is 214 g/mol. The number of benzene rings is 1. The van der Waals surface area contributed by atoms with Gasteiger partial charge in [0.15, 0.2) is 5.78 Å². The van der Waals surface area contributed by atoms with Gasteiger partial charge in [0.05, 0.1) is 6.21 Å². The molecule has 0 aliphatic carbocycles. The van der Waals surface area contributed by atoms with E-state index in [1.54, 1.807) is 25.1 Å². The van der Waals surface area contributed by atoms with Crippen LogP contribution in [0.3, 0.4) is 0 Å². The highest BCUT2D eigenvalue weighted by Crippen LogP contribution is 2.11. The fourth-order valence-electron chi connectivity index (χ4n) is 1.27. The molecule has 0 atom stereocenters. The van der Waals surface area contributed by atoms with Crippen LogP contribution in [-0.2, 0) is 0 Å². The van der Waals surface area contributed by atoms with Crippen molar-refractivity contribution in [2.75, 3.05) is 0 Å². The summed E-state index contributed by atoms with van der Waals surface area (Å²) in [5.41, 5.74) is 1.82. The molecule has 2 N–H and O–H groups in total.